The molecule has 0 aliphatic carbocycles. The molecule has 0 amide bonds. The van der Waals surface area contributed by atoms with Crippen molar-refractivity contribution in [1.29, 1.82) is 0 Å². The van der Waals surface area contributed by atoms with Gasteiger partial charge in [-0.25, -0.2) is 0 Å². The number of rotatable bonds is 7. The van der Waals surface area contributed by atoms with E-state index in [1.54, 1.807) is 0 Å². The molecule has 0 spiro atoms. The molecule has 5 heterocycles. The van der Waals surface area contributed by atoms with Gasteiger partial charge in [-0.05, 0) is 148 Å². The van der Waals surface area contributed by atoms with E-state index in [9.17, 15) is 0 Å². The Morgan fingerprint density at radius 1 is 0.358 bits per heavy atom. The average molecular weight is 1060 g/mol. The summed E-state index contributed by atoms with van der Waals surface area (Å²) in [6.07, 6.45) is 0. The molecule has 0 radical (unpaired) electrons. The SMILES string of the molecule is CC(C)(C)c1ccc(N(c2ccc(C(C)(C)C)cc2)c2ccc3c(c2)N(c2ccc4c(c2)sc2ccccc24)c2cc(N(c4ccccc4)c4ccccc4)cc4c2B3c2cccc3c2N4c2cccc4c5ccccc5n-3c24)cc1. The van der Waals surface area contributed by atoms with Crippen LogP contribution in [0.4, 0.5) is 68.2 Å². The average Bonchev–Trinajstić information content (AvgIpc) is 2.57. The van der Waals surface area contributed by atoms with E-state index < -0.39 is 0 Å². The zero-order valence-electron chi connectivity index (χ0n) is 46.3. The fourth-order valence-electron chi connectivity index (χ4n) is 13.5. The monoisotopic (exact) mass is 1060 g/mol. The van der Waals surface area contributed by atoms with Crippen molar-refractivity contribution in [1.82, 2.24) is 4.57 Å². The molecule has 7 heteroatoms. The van der Waals surface area contributed by atoms with Gasteiger partial charge in [-0.2, -0.15) is 0 Å². The molecule has 2 aromatic heterocycles. The minimum Gasteiger partial charge on any atom is -0.311 e. The van der Waals surface area contributed by atoms with Gasteiger partial charge in [-0.3, -0.25) is 0 Å². The molecule has 0 bridgehead atoms. The molecule has 0 saturated heterocycles. The number of nitrogens with zero attached hydrogens (tertiary/aromatic N) is 5. The molecule has 13 aromatic rings. The number of fused-ring (bicyclic) bond motifs is 12. The van der Waals surface area contributed by atoms with Crippen molar-refractivity contribution in [3.8, 4) is 5.69 Å². The van der Waals surface area contributed by atoms with E-state index in [4.69, 9.17) is 0 Å². The number of benzene rings is 11. The van der Waals surface area contributed by atoms with Gasteiger partial charge in [0.05, 0.1) is 33.8 Å². The Labute approximate surface area is 477 Å². The predicted molar refractivity (Wildman–Crippen MR) is 348 cm³/mol. The third-order valence-corrected chi connectivity index (χ3v) is 18.5. The molecule has 5 nitrogen and oxygen atoms in total. The summed E-state index contributed by atoms with van der Waals surface area (Å²) in [5.74, 6) is 0. The maximum Gasteiger partial charge on any atom is 0.252 e. The van der Waals surface area contributed by atoms with Crippen molar-refractivity contribution in [2.24, 2.45) is 0 Å². The third-order valence-electron chi connectivity index (χ3n) is 17.3. The van der Waals surface area contributed by atoms with Crippen molar-refractivity contribution >= 4 is 145 Å². The van der Waals surface area contributed by atoms with Crippen LogP contribution in [0.5, 0.6) is 0 Å². The first-order chi connectivity index (χ1) is 39.5. The zero-order chi connectivity index (χ0) is 54.5. The Morgan fingerprint density at radius 3 is 1.57 bits per heavy atom. The lowest BCUT2D eigenvalue weighted by atomic mass is 9.33. The van der Waals surface area contributed by atoms with Crippen molar-refractivity contribution < 1.29 is 0 Å². The van der Waals surface area contributed by atoms with Gasteiger partial charge in [-0.15, -0.1) is 11.3 Å². The van der Waals surface area contributed by atoms with Crippen molar-refractivity contribution in [2.75, 3.05) is 19.6 Å². The first kappa shape index (κ1) is 47.7. The van der Waals surface area contributed by atoms with E-state index in [1.807, 2.05) is 11.3 Å². The summed E-state index contributed by atoms with van der Waals surface area (Å²) in [5, 5.41) is 5.08. The number of thiophene rings is 1. The second kappa shape index (κ2) is 17.6. The van der Waals surface area contributed by atoms with E-state index in [0.29, 0.717) is 0 Å². The largest absolute Gasteiger partial charge is 0.311 e. The second-order valence-corrected chi connectivity index (χ2v) is 25.3. The van der Waals surface area contributed by atoms with Crippen LogP contribution >= 0.6 is 11.3 Å². The van der Waals surface area contributed by atoms with Crippen LogP contribution in [0.15, 0.2) is 243 Å². The smallest absolute Gasteiger partial charge is 0.252 e. The van der Waals surface area contributed by atoms with Gasteiger partial charge in [0.25, 0.3) is 6.71 Å². The van der Waals surface area contributed by atoms with Gasteiger partial charge in [0, 0.05) is 82.1 Å². The fourth-order valence-corrected chi connectivity index (χ4v) is 14.7. The molecule has 0 fully saturated rings. The highest BCUT2D eigenvalue weighted by molar-refractivity contribution is 7.25. The highest BCUT2D eigenvalue weighted by Crippen LogP contribution is 2.55. The Kier molecular flexibility index (Phi) is 10.4. The number of hydrogen-bond acceptors (Lipinski definition) is 5. The molecule has 81 heavy (non-hydrogen) atoms. The van der Waals surface area contributed by atoms with E-state index in [-0.39, 0.29) is 17.5 Å². The lowest BCUT2D eigenvalue weighted by Gasteiger charge is -2.47. The van der Waals surface area contributed by atoms with Gasteiger partial charge >= 0.3 is 0 Å². The van der Waals surface area contributed by atoms with E-state index in [1.165, 1.54) is 92.2 Å². The van der Waals surface area contributed by atoms with Crippen LogP contribution in [-0.2, 0) is 10.8 Å². The van der Waals surface area contributed by atoms with Crippen molar-refractivity contribution in [2.45, 2.75) is 52.4 Å². The van der Waals surface area contributed by atoms with Crippen LogP contribution in [0.2, 0.25) is 0 Å². The molecule has 0 unspecified atom stereocenters. The van der Waals surface area contributed by atoms with Crippen LogP contribution in [0.25, 0.3) is 47.7 Å². The molecule has 388 valence electrons. The number of para-hydroxylation sites is 5. The quantitative estimate of drug-likeness (QED) is 0.148. The molecule has 0 saturated carbocycles. The summed E-state index contributed by atoms with van der Waals surface area (Å²) in [5.41, 5.74) is 23.7. The molecular weight excluding hydrogens is 1000 g/mol. The topological polar surface area (TPSA) is 17.9 Å². The third kappa shape index (κ3) is 7.24. The first-order valence-electron chi connectivity index (χ1n) is 28.4. The molecule has 0 N–H and O–H groups in total. The Morgan fingerprint density at radius 2 is 0.889 bits per heavy atom. The van der Waals surface area contributed by atoms with Crippen LogP contribution in [0, 0.1) is 0 Å². The van der Waals surface area contributed by atoms with Gasteiger partial charge in [-0.1, -0.05) is 175 Å². The van der Waals surface area contributed by atoms with Gasteiger partial charge < -0.3 is 24.2 Å². The number of anilines is 12. The number of aromatic nitrogens is 1. The maximum atomic E-state index is 2.62. The normalized spacial score (nSPS) is 13.2. The lowest BCUT2D eigenvalue weighted by molar-refractivity contribution is 0.590. The summed E-state index contributed by atoms with van der Waals surface area (Å²) in [4.78, 5) is 10.1. The summed E-state index contributed by atoms with van der Waals surface area (Å²) in [7, 11) is 0. The zero-order valence-corrected chi connectivity index (χ0v) is 47.1. The Balaban J connectivity index is 1.02. The van der Waals surface area contributed by atoms with Crippen LogP contribution < -0.4 is 36.0 Å². The summed E-state index contributed by atoms with van der Waals surface area (Å²) in [6, 6.07) is 91.5. The summed E-state index contributed by atoms with van der Waals surface area (Å²) in [6.45, 7) is 13.6. The van der Waals surface area contributed by atoms with Gasteiger partial charge in [0.1, 0.15) is 0 Å². The number of hydrogen-bond donors (Lipinski definition) is 0. The Hall–Kier alpha value is -9.30. The minimum absolute atomic E-state index is 0.00991. The Bertz CT molecular complexity index is 4580. The lowest BCUT2D eigenvalue weighted by Crippen LogP contribution is -2.61. The van der Waals surface area contributed by atoms with Crippen LogP contribution in [-0.4, -0.2) is 11.3 Å². The predicted octanol–water partition coefficient (Wildman–Crippen LogP) is 19.1. The molecule has 3 aliphatic rings. The van der Waals surface area contributed by atoms with Crippen molar-refractivity contribution in [3.63, 3.8) is 0 Å². The second-order valence-electron chi connectivity index (χ2n) is 24.2. The minimum atomic E-state index is -0.112. The molecule has 11 aromatic carbocycles. The first-order valence-corrected chi connectivity index (χ1v) is 29.2. The maximum absolute atomic E-state index is 2.62. The van der Waals surface area contributed by atoms with Crippen LogP contribution in [0.1, 0.15) is 52.7 Å². The summed E-state index contributed by atoms with van der Waals surface area (Å²) < 4.78 is 5.10. The molecular formula is C74H58BN5S. The molecule has 3 aliphatic heterocycles. The van der Waals surface area contributed by atoms with Gasteiger partial charge in [0.2, 0.25) is 0 Å². The molecule has 0 atom stereocenters. The highest BCUT2D eigenvalue weighted by Gasteiger charge is 2.47. The van der Waals surface area contributed by atoms with Crippen LogP contribution in [0.3, 0.4) is 0 Å². The highest BCUT2D eigenvalue weighted by atomic mass is 32.1. The van der Waals surface area contributed by atoms with Gasteiger partial charge in [0.15, 0.2) is 0 Å². The van der Waals surface area contributed by atoms with E-state index >= 15 is 0 Å². The standard InChI is InChI=1S/C74H58BN5S/c1-73(2,3)47-31-35-51(36-32-47)76(52-37-33-48(34-38-52)74(4,5)6)53-40-42-60-65(43-53)78(54-39-41-58-57-24-14-16-30-68(57)81-69(58)46-54)66-44-55(77(49-19-9-7-10-20-49)50-21-11-8-12-22-50)45-67-70(66)75(60)61-26-18-29-64-72(61)80(67)63-28-17-25-59-56-23-13-15-27-62(56)79(64)71(59)63/h7-46H,1-6H3. The van der Waals surface area contributed by atoms with Crippen molar-refractivity contribution in [3.05, 3.63) is 254 Å². The summed E-state index contributed by atoms with van der Waals surface area (Å²) >= 11 is 1.87. The molecule has 16 rings (SSSR count). The van der Waals surface area contributed by atoms with E-state index in [0.717, 1.165) is 51.2 Å². The van der Waals surface area contributed by atoms with E-state index in [2.05, 4.69) is 308 Å². The fraction of sp³-hybridized carbons (Fsp3) is 0.108.